The minimum absolute atomic E-state index is 0.0328. The van der Waals surface area contributed by atoms with Crippen molar-refractivity contribution in [2.45, 2.75) is 45.7 Å². The third-order valence-electron chi connectivity index (χ3n) is 5.09. The summed E-state index contributed by atoms with van der Waals surface area (Å²) in [4.78, 5) is 17.9. The van der Waals surface area contributed by atoms with Gasteiger partial charge in [-0.15, -0.1) is 0 Å². The molecule has 2 atom stereocenters. The second-order valence-electron chi connectivity index (χ2n) is 6.54. The maximum atomic E-state index is 13.0. The molecule has 1 aromatic heterocycles. The maximum absolute atomic E-state index is 13.0. The molecule has 1 aliphatic rings. The van der Waals surface area contributed by atoms with Gasteiger partial charge in [-0.2, -0.15) is 0 Å². The fraction of sp³-hybridized carbons (Fsp3) is 0.500. The summed E-state index contributed by atoms with van der Waals surface area (Å²) in [6, 6.07) is 4.12. The normalized spacial score (nSPS) is 21.6. The highest BCUT2D eigenvalue weighted by atomic mass is 35.5. The van der Waals surface area contributed by atoms with E-state index in [1.165, 1.54) is 24.2 Å². The van der Waals surface area contributed by atoms with Crippen molar-refractivity contribution >= 4 is 22.5 Å². The van der Waals surface area contributed by atoms with Crippen LogP contribution in [-0.4, -0.2) is 24.7 Å². The van der Waals surface area contributed by atoms with Gasteiger partial charge < -0.3 is 14.6 Å². The summed E-state index contributed by atoms with van der Waals surface area (Å²) >= 11 is 6.30. The average molecular weight is 336 g/mol. The van der Waals surface area contributed by atoms with Crippen LogP contribution in [0.4, 0.5) is 0 Å². The van der Waals surface area contributed by atoms with Crippen molar-refractivity contribution < 1.29 is 9.64 Å². The topological polar surface area (TPSA) is 46.5 Å². The SMILES string of the molecule is COc1ccc(Cl)c2c(=O)c(C[NH+]3CCCCC3C)c(C)[nH]c12. The fourth-order valence-corrected chi connectivity index (χ4v) is 3.86. The lowest BCUT2D eigenvalue weighted by Gasteiger charge is -2.30. The zero-order valence-electron chi connectivity index (χ0n) is 14.0. The van der Waals surface area contributed by atoms with Gasteiger partial charge >= 0.3 is 0 Å². The van der Waals surface area contributed by atoms with E-state index in [1.54, 1.807) is 19.2 Å². The van der Waals surface area contributed by atoms with Crippen LogP contribution in [-0.2, 0) is 6.54 Å². The highest BCUT2D eigenvalue weighted by Crippen LogP contribution is 2.28. The number of aryl methyl sites for hydroxylation is 1. The highest BCUT2D eigenvalue weighted by molar-refractivity contribution is 6.35. The molecule has 2 aromatic rings. The lowest BCUT2D eigenvalue weighted by molar-refractivity contribution is -0.942. The van der Waals surface area contributed by atoms with Gasteiger partial charge in [0.1, 0.15) is 12.3 Å². The summed E-state index contributed by atoms with van der Waals surface area (Å²) in [5, 5.41) is 1.01. The summed E-state index contributed by atoms with van der Waals surface area (Å²) in [5.74, 6) is 0.648. The quantitative estimate of drug-likeness (QED) is 0.905. The van der Waals surface area contributed by atoms with Gasteiger partial charge in [0.25, 0.3) is 0 Å². The average Bonchev–Trinajstić information content (AvgIpc) is 2.53. The molecule has 2 heterocycles. The molecule has 0 amide bonds. The Labute approximate surface area is 141 Å². The molecule has 5 heteroatoms. The lowest BCUT2D eigenvalue weighted by Crippen LogP contribution is -3.15. The van der Waals surface area contributed by atoms with Crippen LogP contribution in [0.3, 0.4) is 0 Å². The van der Waals surface area contributed by atoms with Crippen molar-refractivity contribution in [3.8, 4) is 5.75 Å². The van der Waals surface area contributed by atoms with Gasteiger partial charge in [0.2, 0.25) is 0 Å². The minimum Gasteiger partial charge on any atom is -0.495 e. The first-order valence-electron chi connectivity index (χ1n) is 8.25. The van der Waals surface area contributed by atoms with Gasteiger partial charge in [-0.05, 0) is 45.2 Å². The molecule has 0 radical (unpaired) electrons. The molecule has 1 fully saturated rings. The third kappa shape index (κ3) is 2.98. The Kier molecular flexibility index (Phi) is 4.64. The Morgan fingerprint density at radius 3 is 2.87 bits per heavy atom. The van der Waals surface area contributed by atoms with Crippen LogP contribution in [0.25, 0.3) is 10.9 Å². The van der Waals surface area contributed by atoms with E-state index in [1.807, 2.05) is 6.92 Å². The van der Waals surface area contributed by atoms with Gasteiger partial charge in [0.05, 0.1) is 41.2 Å². The molecule has 1 aromatic carbocycles. The van der Waals surface area contributed by atoms with Crippen molar-refractivity contribution in [1.29, 1.82) is 0 Å². The summed E-state index contributed by atoms with van der Waals surface area (Å²) in [5.41, 5.74) is 2.48. The van der Waals surface area contributed by atoms with E-state index < -0.39 is 0 Å². The van der Waals surface area contributed by atoms with E-state index >= 15 is 0 Å². The summed E-state index contributed by atoms with van der Waals surface area (Å²) in [6.45, 7) is 6.12. The van der Waals surface area contributed by atoms with Crippen molar-refractivity contribution in [3.63, 3.8) is 0 Å². The van der Waals surface area contributed by atoms with E-state index in [0.717, 1.165) is 24.3 Å². The highest BCUT2D eigenvalue weighted by Gasteiger charge is 2.25. The molecule has 23 heavy (non-hydrogen) atoms. The first kappa shape index (κ1) is 16.3. The number of benzene rings is 1. The van der Waals surface area contributed by atoms with E-state index in [4.69, 9.17) is 16.3 Å². The number of hydrogen-bond acceptors (Lipinski definition) is 2. The second kappa shape index (κ2) is 6.54. The Balaban J connectivity index is 2.11. The Morgan fingerprint density at radius 2 is 2.17 bits per heavy atom. The third-order valence-corrected chi connectivity index (χ3v) is 5.40. The fourth-order valence-electron chi connectivity index (χ4n) is 3.61. The number of nitrogens with one attached hydrogen (secondary N) is 2. The number of ether oxygens (including phenoxy) is 1. The van der Waals surface area contributed by atoms with E-state index in [9.17, 15) is 4.79 Å². The molecule has 2 N–H and O–H groups in total. The summed E-state index contributed by atoms with van der Waals surface area (Å²) < 4.78 is 5.37. The lowest BCUT2D eigenvalue weighted by atomic mass is 10.0. The Hall–Kier alpha value is -1.52. The Morgan fingerprint density at radius 1 is 1.39 bits per heavy atom. The van der Waals surface area contributed by atoms with Crippen molar-refractivity contribution in [2.75, 3.05) is 13.7 Å². The van der Waals surface area contributed by atoms with Crippen LogP contribution in [0.5, 0.6) is 5.75 Å². The van der Waals surface area contributed by atoms with Crippen LogP contribution in [0.1, 0.15) is 37.4 Å². The molecule has 0 saturated carbocycles. The molecule has 1 aliphatic heterocycles. The zero-order valence-corrected chi connectivity index (χ0v) is 14.7. The van der Waals surface area contributed by atoms with Gasteiger partial charge in [-0.1, -0.05) is 11.6 Å². The number of aromatic nitrogens is 1. The smallest absolute Gasteiger partial charge is 0.200 e. The predicted octanol–water partition coefficient (Wildman–Crippen LogP) is 2.46. The number of fused-ring (bicyclic) bond motifs is 1. The molecule has 3 rings (SSSR count). The number of hydrogen-bond donors (Lipinski definition) is 2. The largest absolute Gasteiger partial charge is 0.495 e. The number of methoxy groups -OCH3 is 1. The van der Waals surface area contributed by atoms with Crippen LogP contribution in [0, 0.1) is 6.92 Å². The number of likely N-dealkylation sites (tertiary alicyclic amines) is 1. The van der Waals surface area contributed by atoms with Crippen LogP contribution in [0.2, 0.25) is 5.02 Å². The minimum atomic E-state index is 0.0328. The summed E-state index contributed by atoms with van der Waals surface area (Å²) in [7, 11) is 1.60. The maximum Gasteiger partial charge on any atom is 0.200 e. The number of H-pyrrole nitrogens is 1. The number of halogens is 1. The first-order chi connectivity index (χ1) is 11.0. The molecule has 4 nitrogen and oxygen atoms in total. The van der Waals surface area contributed by atoms with Crippen molar-refractivity contribution in [2.24, 2.45) is 0 Å². The summed E-state index contributed by atoms with van der Waals surface area (Å²) in [6.07, 6.45) is 3.76. The molecule has 1 saturated heterocycles. The first-order valence-corrected chi connectivity index (χ1v) is 8.63. The van der Waals surface area contributed by atoms with Crippen LogP contribution < -0.4 is 15.1 Å². The van der Waals surface area contributed by atoms with Crippen LogP contribution >= 0.6 is 11.6 Å². The Bertz CT molecular complexity index is 785. The van der Waals surface area contributed by atoms with Gasteiger partial charge in [-0.25, -0.2) is 0 Å². The molecular formula is C18H24ClN2O2+. The molecule has 124 valence electrons. The molecule has 0 spiro atoms. The van der Waals surface area contributed by atoms with Gasteiger partial charge in [0, 0.05) is 5.69 Å². The van der Waals surface area contributed by atoms with Gasteiger partial charge in [-0.3, -0.25) is 4.79 Å². The van der Waals surface area contributed by atoms with Crippen molar-refractivity contribution in [3.05, 3.63) is 38.6 Å². The predicted molar refractivity (Wildman–Crippen MR) is 93.7 cm³/mol. The molecule has 0 bridgehead atoms. The van der Waals surface area contributed by atoms with E-state index in [0.29, 0.717) is 27.7 Å². The van der Waals surface area contributed by atoms with Gasteiger partial charge in [0.15, 0.2) is 5.43 Å². The number of piperidine rings is 1. The second-order valence-corrected chi connectivity index (χ2v) is 6.95. The number of quaternary nitrogens is 1. The van der Waals surface area contributed by atoms with E-state index in [2.05, 4.69) is 11.9 Å². The number of aromatic amines is 1. The number of pyridine rings is 1. The number of rotatable bonds is 3. The van der Waals surface area contributed by atoms with E-state index in [-0.39, 0.29) is 5.43 Å². The van der Waals surface area contributed by atoms with Crippen LogP contribution in [0.15, 0.2) is 16.9 Å². The van der Waals surface area contributed by atoms with Crippen molar-refractivity contribution in [1.82, 2.24) is 4.98 Å². The zero-order chi connectivity index (χ0) is 16.6. The molecule has 0 aliphatic carbocycles. The molecule has 2 unspecified atom stereocenters. The monoisotopic (exact) mass is 335 g/mol. The standard InChI is InChI=1S/C18H23ClN2O2/c1-11-6-4-5-9-21(11)10-13-12(2)20-17-15(23-3)8-7-14(19)16(17)18(13)22/h7-8,11H,4-6,9-10H2,1-3H3,(H,20,22)/p+1. The molecular weight excluding hydrogens is 312 g/mol.